The van der Waals surface area contributed by atoms with Crippen LogP contribution in [-0.2, 0) is 4.79 Å². The third-order valence-corrected chi connectivity index (χ3v) is 3.52. The summed E-state index contributed by atoms with van der Waals surface area (Å²) in [6.45, 7) is -2.96. The van der Waals surface area contributed by atoms with Crippen LogP contribution in [0.3, 0.4) is 0 Å². The number of fused-ring (bicyclic) bond motifs is 1. The van der Waals surface area contributed by atoms with E-state index in [1.54, 1.807) is 18.2 Å². The largest absolute Gasteiger partial charge is 0.493 e. The molecule has 1 amide bonds. The van der Waals surface area contributed by atoms with Gasteiger partial charge in [-0.15, -0.1) is 0 Å². The first kappa shape index (κ1) is 18.2. The average Bonchev–Trinajstić information content (AvgIpc) is 2.99. The molecule has 0 bridgehead atoms. The summed E-state index contributed by atoms with van der Waals surface area (Å²) in [7, 11) is 1.32. The summed E-state index contributed by atoms with van der Waals surface area (Å²) in [6.07, 6.45) is 2.76. The van der Waals surface area contributed by atoms with Crippen molar-refractivity contribution in [3.8, 4) is 11.5 Å². The highest BCUT2D eigenvalue weighted by Crippen LogP contribution is 2.29. The van der Waals surface area contributed by atoms with Crippen LogP contribution < -0.4 is 20.5 Å². The van der Waals surface area contributed by atoms with Crippen LogP contribution in [-0.4, -0.2) is 24.6 Å². The van der Waals surface area contributed by atoms with Gasteiger partial charge in [0.25, 0.3) is 0 Å². The van der Waals surface area contributed by atoms with Crippen molar-refractivity contribution in [2.45, 2.75) is 6.61 Å². The third kappa shape index (κ3) is 4.51. The molecule has 0 spiro atoms. The van der Waals surface area contributed by atoms with Crippen LogP contribution >= 0.6 is 0 Å². The minimum Gasteiger partial charge on any atom is -0.493 e. The molecule has 3 aromatic rings. The Morgan fingerprint density at radius 2 is 2.04 bits per heavy atom. The highest BCUT2D eigenvalue weighted by atomic mass is 19.3. The van der Waals surface area contributed by atoms with Gasteiger partial charge < -0.3 is 19.2 Å². The van der Waals surface area contributed by atoms with Crippen molar-refractivity contribution in [1.82, 2.24) is 4.98 Å². The number of ether oxygens (including phenoxy) is 2. The number of aromatic amines is 1. The molecule has 27 heavy (non-hydrogen) atoms. The maximum Gasteiger partial charge on any atom is 0.417 e. The predicted octanol–water partition coefficient (Wildman–Crippen LogP) is 3.38. The zero-order valence-electron chi connectivity index (χ0n) is 14.0. The molecule has 0 aliphatic heterocycles. The Hall–Kier alpha value is -3.62. The van der Waals surface area contributed by atoms with E-state index in [0.29, 0.717) is 22.4 Å². The number of rotatable bonds is 6. The van der Waals surface area contributed by atoms with Crippen LogP contribution in [0.5, 0.6) is 11.5 Å². The number of nitrogens with one attached hydrogen (secondary N) is 2. The van der Waals surface area contributed by atoms with Crippen molar-refractivity contribution in [3.63, 3.8) is 0 Å². The number of benzene rings is 2. The molecule has 140 valence electrons. The van der Waals surface area contributed by atoms with Crippen LogP contribution in [0.4, 0.5) is 14.5 Å². The lowest BCUT2D eigenvalue weighted by molar-refractivity contribution is -0.111. The van der Waals surface area contributed by atoms with E-state index < -0.39 is 18.3 Å². The van der Waals surface area contributed by atoms with E-state index in [-0.39, 0.29) is 11.5 Å². The number of hydrogen-bond donors (Lipinski definition) is 2. The maximum absolute atomic E-state index is 12.3. The zero-order valence-corrected chi connectivity index (χ0v) is 14.0. The minimum absolute atomic E-state index is 0.100. The van der Waals surface area contributed by atoms with E-state index in [2.05, 4.69) is 15.0 Å². The van der Waals surface area contributed by atoms with Crippen LogP contribution in [0.2, 0.25) is 0 Å². The van der Waals surface area contributed by atoms with Gasteiger partial charge in [-0.3, -0.25) is 9.78 Å². The fourth-order valence-corrected chi connectivity index (χ4v) is 2.37. The first-order valence-electron chi connectivity index (χ1n) is 7.69. The summed E-state index contributed by atoms with van der Waals surface area (Å²) in [5, 5.41) is 2.64. The number of carbonyl (C=O) groups excluding carboxylic acids is 1. The molecular formula is C18H14F2N2O5. The number of halogens is 2. The Morgan fingerprint density at radius 3 is 2.78 bits per heavy atom. The second-order valence-electron chi connectivity index (χ2n) is 5.34. The normalized spacial score (nSPS) is 11.3. The van der Waals surface area contributed by atoms with E-state index in [1.807, 2.05) is 0 Å². The van der Waals surface area contributed by atoms with Gasteiger partial charge in [0.2, 0.25) is 5.91 Å². The molecule has 0 saturated carbocycles. The number of H-pyrrole nitrogens is 1. The summed E-state index contributed by atoms with van der Waals surface area (Å²) in [5.74, 6) is -0.989. The Labute approximate surface area is 151 Å². The molecule has 0 aliphatic rings. The van der Waals surface area contributed by atoms with Gasteiger partial charge >= 0.3 is 12.4 Å². The average molecular weight is 376 g/mol. The molecule has 1 aromatic heterocycles. The lowest BCUT2D eigenvalue weighted by Crippen LogP contribution is -2.07. The molecule has 0 unspecified atom stereocenters. The number of aromatic nitrogens is 1. The number of carbonyl (C=O) groups is 1. The zero-order chi connectivity index (χ0) is 19.4. The van der Waals surface area contributed by atoms with Gasteiger partial charge in [0.05, 0.1) is 12.6 Å². The van der Waals surface area contributed by atoms with E-state index in [0.717, 1.165) is 0 Å². The van der Waals surface area contributed by atoms with Crippen LogP contribution in [0.15, 0.2) is 51.7 Å². The summed E-state index contributed by atoms with van der Waals surface area (Å²) < 4.78 is 38.9. The van der Waals surface area contributed by atoms with Gasteiger partial charge in [-0.2, -0.15) is 8.78 Å². The van der Waals surface area contributed by atoms with Gasteiger partial charge in [0.1, 0.15) is 0 Å². The van der Waals surface area contributed by atoms with Crippen molar-refractivity contribution in [2.24, 2.45) is 0 Å². The number of anilines is 1. The summed E-state index contributed by atoms with van der Waals surface area (Å²) >= 11 is 0. The van der Waals surface area contributed by atoms with Crippen molar-refractivity contribution in [1.29, 1.82) is 0 Å². The van der Waals surface area contributed by atoms with Crippen molar-refractivity contribution in [3.05, 3.63) is 58.6 Å². The first-order chi connectivity index (χ1) is 12.9. The van der Waals surface area contributed by atoms with Crippen molar-refractivity contribution >= 4 is 28.8 Å². The van der Waals surface area contributed by atoms with Crippen LogP contribution in [0.1, 0.15) is 5.56 Å². The van der Waals surface area contributed by atoms with Crippen molar-refractivity contribution < 1.29 is 27.5 Å². The van der Waals surface area contributed by atoms with Crippen LogP contribution in [0.25, 0.3) is 17.2 Å². The van der Waals surface area contributed by atoms with Gasteiger partial charge in [-0.1, -0.05) is 6.07 Å². The first-order valence-corrected chi connectivity index (χ1v) is 7.69. The predicted molar refractivity (Wildman–Crippen MR) is 94.1 cm³/mol. The monoisotopic (exact) mass is 376 g/mol. The molecule has 0 fully saturated rings. The van der Waals surface area contributed by atoms with Gasteiger partial charge in [-0.25, -0.2) is 4.79 Å². The molecule has 9 heteroatoms. The summed E-state index contributed by atoms with van der Waals surface area (Å²) in [6, 6.07) is 9.00. The molecule has 0 atom stereocenters. The molecule has 0 aliphatic carbocycles. The lowest BCUT2D eigenvalue weighted by Gasteiger charge is -2.10. The molecule has 3 rings (SSSR count). The van der Waals surface area contributed by atoms with E-state index in [9.17, 15) is 18.4 Å². The Balaban J connectivity index is 1.70. The summed E-state index contributed by atoms with van der Waals surface area (Å²) in [4.78, 5) is 25.7. The van der Waals surface area contributed by atoms with Gasteiger partial charge in [0, 0.05) is 11.8 Å². The molecule has 2 N–H and O–H groups in total. The minimum atomic E-state index is -2.96. The molecule has 1 heterocycles. The standard InChI is InChI=1S/C18H14F2N2O5/c1-25-15-8-10(2-5-14(15)26-17(19)20)3-7-16(23)21-11-4-6-13-12(9-11)22-18(24)27-13/h2-9,17H,1H3,(H,21,23)(H,22,24)/b7-3+. The van der Waals surface area contributed by atoms with E-state index in [1.165, 1.54) is 37.5 Å². The molecule has 0 radical (unpaired) electrons. The smallest absolute Gasteiger partial charge is 0.417 e. The van der Waals surface area contributed by atoms with Crippen LogP contribution in [0, 0.1) is 0 Å². The van der Waals surface area contributed by atoms with Crippen molar-refractivity contribution in [2.75, 3.05) is 12.4 Å². The number of amides is 1. The molecule has 0 saturated heterocycles. The number of alkyl halides is 2. The maximum atomic E-state index is 12.3. The number of oxazole rings is 1. The van der Waals surface area contributed by atoms with E-state index in [4.69, 9.17) is 9.15 Å². The molecular weight excluding hydrogens is 362 g/mol. The number of hydrogen-bond acceptors (Lipinski definition) is 5. The Bertz CT molecular complexity index is 1060. The van der Waals surface area contributed by atoms with Gasteiger partial charge in [0.15, 0.2) is 17.1 Å². The fraction of sp³-hybridized carbons (Fsp3) is 0.111. The van der Waals surface area contributed by atoms with Gasteiger partial charge in [-0.05, 0) is 42.0 Å². The Kier molecular flexibility index (Phi) is 5.20. The lowest BCUT2D eigenvalue weighted by atomic mass is 10.2. The fourth-order valence-electron chi connectivity index (χ4n) is 2.37. The Morgan fingerprint density at radius 1 is 1.22 bits per heavy atom. The molecule has 7 nitrogen and oxygen atoms in total. The van der Waals surface area contributed by atoms with E-state index >= 15 is 0 Å². The third-order valence-electron chi connectivity index (χ3n) is 3.52. The second kappa shape index (κ2) is 7.73. The topological polar surface area (TPSA) is 93.6 Å². The highest BCUT2D eigenvalue weighted by Gasteiger charge is 2.10. The molecule has 2 aromatic carbocycles. The number of methoxy groups -OCH3 is 1. The SMILES string of the molecule is COc1cc(/C=C/C(=O)Nc2ccc3oc(=O)[nH]c3c2)ccc1OC(F)F. The quantitative estimate of drug-likeness (QED) is 0.644. The summed E-state index contributed by atoms with van der Waals surface area (Å²) in [5.41, 5.74) is 1.86. The highest BCUT2D eigenvalue weighted by molar-refractivity contribution is 6.02. The second-order valence-corrected chi connectivity index (χ2v) is 5.34.